The molecule has 1 unspecified atom stereocenters. The number of ketones is 1. The van der Waals surface area contributed by atoms with Crippen LogP contribution in [0.5, 0.6) is 0 Å². The highest BCUT2D eigenvalue weighted by Gasteiger charge is 2.46. The van der Waals surface area contributed by atoms with Crippen molar-refractivity contribution in [3.8, 4) is 0 Å². The highest BCUT2D eigenvalue weighted by Crippen LogP contribution is 2.40. The van der Waals surface area contributed by atoms with E-state index in [1.54, 1.807) is 17.0 Å². The number of aryl methyl sites for hydroxylation is 1. The van der Waals surface area contributed by atoms with Gasteiger partial charge < -0.3 is 14.9 Å². The van der Waals surface area contributed by atoms with Crippen molar-refractivity contribution < 1.29 is 14.7 Å². The van der Waals surface area contributed by atoms with Gasteiger partial charge in [-0.2, -0.15) is 0 Å². The average molecular weight is 461 g/mol. The van der Waals surface area contributed by atoms with Crippen LogP contribution in [0.3, 0.4) is 0 Å². The number of halogens is 2. The molecule has 0 aliphatic carbocycles. The molecule has 0 bridgehead atoms. The fraction of sp³-hybridized carbons (Fsp3) is 0.333. The number of likely N-dealkylation sites (N-methyl/N-ethyl adjacent to an activating group) is 1. The third kappa shape index (κ3) is 4.79. The predicted molar refractivity (Wildman–Crippen MR) is 124 cm³/mol. The number of carbonyl (C=O) groups excluding carboxylic acids is 2. The van der Waals surface area contributed by atoms with Gasteiger partial charge in [-0.25, -0.2) is 0 Å². The molecule has 1 aliphatic heterocycles. The second-order valence-corrected chi connectivity index (χ2v) is 8.38. The van der Waals surface area contributed by atoms with Gasteiger partial charge >= 0.3 is 0 Å². The summed E-state index contributed by atoms with van der Waals surface area (Å²) in [6, 6.07) is 11.6. The summed E-state index contributed by atoms with van der Waals surface area (Å²) in [7, 11) is 0. The van der Waals surface area contributed by atoms with Crippen LogP contribution in [0.1, 0.15) is 36.6 Å². The monoisotopic (exact) mass is 460 g/mol. The third-order valence-corrected chi connectivity index (χ3v) is 6.38. The molecule has 0 radical (unpaired) electrons. The first-order valence-electron chi connectivity index (χ1n) is 10.3. The molecule has 0 aromatic heterocycles. The van der Waals surface area contributed by atoms with E-state index >= 15 is 0 Å². The molecule has 2 aromatic rings. The topological polar surface area (TPSA) is 60.9 Å². The van der Waals surface area contributed by atoms with Crippen LogP contribution in [0, 0.1) is 6.92 Å². The minimum atomic E-state index is -0.699. The zero-order valence-electron chi connectivity index (χ0n) is 17.9. The molecule has 1 fully saturated rings. The van der Waals surface area contributed by atoms with Crippen LogP contribution in [-0.2, 0) is 9.59 Å². The fourth-order valence-corrected chi connectivity index (χ4v) is 4.18. The van der Waals surface area contributed by atoms with Gasteiger partial charge in [0, 0.05) is 18.7 Å². The van der Waals surface area contributed by atoms with E-state index < -0.39 is 17.7 Å². The van der Waals surface area contributed by atoms with Crippen molar-refractivity contribution in [2.45, 2.75) is 26.8 Å². The van der Waals surface area contributed by atoms with E-state index in [1.807, 2.05) is 31.2 Å². The minimum absolute atomic E-state index is 0.0635. The first kappa shape index (κ1) is 23.3. The minimum Gasteiger partial charge on any atom is -0.507 e. The molecule has 1 atom stereocenters. The molecular weight excluding hydrogens is 435 g/mol. The number of aliphatic hydroxyl groups is 1. The maximum atomic E-state index is 13.1. The molecule has 3 rings (SSSR count). The van der Waals surface area contributed by atoms with E-state index in [2.05, 4.69) is 18.7 Å². The average Bonchev–Trinajstić information content (AvgIpc) is 3.01. The maximum absolute atomic E-state index is 13.1. The highest BCUT2D eigenvalue weighted by atomic mass is 35.5. The zero-order chi connectivity index (χ0) is 22.7. The predicted octanol–water partition coefficient (Wildman–Crippen LogP) is 5.07. The summed E-state index contributed by atoms with van der Waals surface area (Å²) >= 11 is 12.1. The first-order chi connectivity index (χ1) is 14.8. The van der Waals surface area contributed by atoms with Crippen molar-refractivity contribution in [1.29, 1.82) is 0 Å². The number of benzene rings is 2. The van der Waals surface area contributed by atoms with E-state index in [9.17, 15) is 14.7 Å². The Morgan fingerprint density at radius 3 is 2.39 bits per heavy atom. The molecule has 164 valence electrons. The smallest absolute Gasteiger partial charge is 0.295 e. The zero-order valence-corrected chi connectivity index (χ0v) is 19.4. The number of hydrogen-bond acceptors (Lipinski definition) is 4. The molecular formula is C24H26Cl2N2O3. The highest BCUT2D eigenvalue weighted by molar-refractivity contribution is 6.46. The SMILES string of the molecule is CCN(CC)CCN1C(=O)C(=O)/C(=C(\O)c2ccc(Cl)c(Cl)c2)C1c1cccc(C)c1. The molecule has 7 heteroatoms. The molecule has 31 heavy (non-hydrogen) atoms. The Morgan fingerprint density at radius 2 is 1.77 bits per heavy atom. The Labute approximate surface area is 192 Å². The van der Waals surface area contributed by atoms with Gasteiger partial charge in [0.05, 0.1) is 21.7 Å². The number of rotatable bonds is 7. The van der Waals surface area contributed by atoms with Crippen molar-refractivity contribution in [2.75, 3.05) is 26.2 Å². The van der Waals surface area contributed by atoms with E-state index in [0.29, 0.717) is 23.7 Å². The van der Waals surface area contributed by atoms with Crippen LogP contribution in [0.2, 0.25) is 10.0 Å². The summed E-state index contributed by atoms with van der Waals surface area (Å²) in [6.07, 6.45) is 0. The first-order valence-corrected chi connectivity index (χ1v) is 11.1. The molecule has 0 saturated carbocycles. The Kier molecular flexibility index (Phi) is 7.42. The van der Waals surface area contributed by atoms with E-state index in [-0.39, 0.29) is 16.4 Å². The number of likely N-dealkylation sites (tertiary alicyclic amines) is 1. The lowest BCUT2D eigenvalue weighted by Crippen LogP contribution is -2.38. The number of amides is 1. The second kappa shape index (κ2) is 9.86. The molecule has 1 saturated heterocycles. The summed E-state index contributed by atoms with van der Waals surface area (Å²) in [5, 5.41) is 11.7. The Balaban J connectivity index is 2.12. The van der Waals surface area contributed by atoms with Gasteiger partial charge in [0.1, 0.15) is 5.76 Å². The Hall–Kier alpha value is -2.34. The third-order valence-electron chi connectivity index (χ3n) is 5.64. The van der Waals surface area contributed by atoms with Gasteiger partial charge in [-0.05, 0) is 43.8 Å². The van der Waals surface area contributed by atoms with E-state index in [4.69, 9.17) is 23.2 Å². The normalized spacial score (nSPS) is 18.3. The van der Waals surface area contributed by atoms with Crippen molar-refractivity contribution in [2.24, 2.45) is 0 Å². The Morgan fingerprint density at radius 1 is 1.06 bits per heavy atom. The molecule has 1 amide bonds. The van der Waals surface area contributed by atoms with Gasteiger partial charge in [0.2, 0.25) is 0 Å². The molecule has 1 N–H and O–H groups in total. The van der Waals surface area contributed by atoms with Crippen LogP contribution < -0.4 is 0 Å². The van der Waals surface area contributed by atoms with Crippen LogP contribution in [0.15, 0.2) is 48.0 Å². The molecule has 1 heterocycles. The largest absolute Gasteiger partial charge is 0.507 e. The molecule has 0 spiro atoms. The number of hydrogen-bond donors (Lipinski definition) is 1. The number of aliphatic hydroxyl groups excluding tert-OH is 1. The van der Waals surface area contributed by atoms with Gasteiger partial charge in [-0.15, -0.1) is 0 Å². The summed E-state index contributed by atoms with van der Waals surface area (Å²) in [5.41, 5.74) is 2.18. The number of carbonyl (C=O) groups is 2. The lowest BCUT2D eigenvalue weighted by molar-refractivity contribution is -0.140. The standard InChI is InChI=1S/C24H26Cl2N2O3/c1-4-27(5-2)11-12-28-21(16-8-6-7-15(3)13-16)20(23(30)24(28)31)22(29)17-9-10-18(25)19(26)14-17/h6-10,13-14,21,29H,4-5,11-12H2,1-3H3/b22-20-. The van der Waals surface area contributed by atoms with Crippen LogP contribution >= 0.6 is 23.2 Å². The maximum Gasteiger partial charge on any atom is 0.295 e. The summed E-state index contributed by atoms with van der Waals surface area (Å²) < 4.78 is 0. The summed E-state index contributed by atoms with van der Waals surface area (Å²) in [5.74, 6) is -1.57. The van der Waals surface area contributed by atoms with Gasteiger partial charge in [-0.1, -0.05) is 66.9 Å². The van der Waals surface area contributed by atoms with Crippen molar-refractivity contribution >= 4 is 40.7 Å². The lowest BCUT2D eigenvalue weighted by Gasteiger charge is -2.28. The quantitative estimate of drug-likeness (QED) is 0.356. The number of Topliss-reactive ketones (excluding diaryl/α,β-unsaturated/α-hetero) is 1. The Bertz CT molecular complexity index is 1030. The van der Waals surface area contributed by atoms with Crippen LogP contribution in [0.4, 0.5) is 0 Å². The summed E-state index contributed by atoms with van der Waals surface area (Å²) in [6.45, 7) is 8.76. The molecule has 1 aliphatic rings. The molecule has 2 aromatic carbocycles. The van der Waals surface area contributed by atoms with Gasteiger partial charge in [-0.3, -0.25) is 9.59 Å². The van der Waals surface area contributed by atoms with Crippen LogP contribution in [0.25, 0.3) is 5.76 Å². The van der Waals surface area contributed by atoms with Crippen molar-refractivity contribution in [3.05, 3.63) is 74.8 Å². The lowest BCUT2D eigenvalue weighted by atomic mass is 9.94. The van der Waals surface area contributed by atoms with E-state index in [1.165, 1.54) is 6.07 Å². The van der Waals surface area contributed by atoms with Gasteiger partial charge in [0.25, 0.3) is 11.7 Å². The van der Waals surface area contributed by atoms with Crippen molar-refractivity contribution in [1.82, 2.24) is 9.80 Å². The number of nitrogens with zero attached hydrogens (tertiary/aromatic N) is 2. The van der Waals surface area contributed by atoms with E-state index in [0.717, 1.165) is 24.2 Å². The van der Waals surface area contributed by atoms with Crippen molar-refractivity contribution in [3.63, 3.8) is 0 Å². The van der Waals surface area contributed by atoms with Gasteiger partial charge in [0.15, 0.2) is 0 Å². The summed E-state index contributed by atoms with van der Waals surface area (Å²) in [4.78, 5) is 29.8. The second-order valence-electron chi connectivity index (χ2n) is 7.56. The van der Waals surface area contributed by atoms with Crippen LogP contribution in [-0.4, -0.2) is 52.8 Å². The fourth-order valence-electron chi connectivity index (χ4n) is 3.89. The molecule has 5 nitrogen and oxygen atoms in total.